The summed E-state index contributed by atoms with van der Waals surface area (Å²) in [4.78, 5) is 29.4. The Labute approximate surface area is 253 Å². The van der Waals surface area contributed by atoms with Crippen LogP contribution in [-0.2, 0) is 11.2 Å². The predicted octanol–water partition coefficient (Wildman–Crippen LogP) is 5.25. The second kappa shape index (κ2) is 14.0. The van der Waals surface area contributed by atoms with Crippen LogP contribution in [0, 0.1) is 5.82 Å². The average Bonchev–Trinajstić information content (AvgIpc) is 3.62. The molecule has 1 aliphatic heterocycles. The van der Waals surface area contributed by atoms with E-state index >= 15 is 0 Å². The molecule has 41 heavy (non-hydrogen) atoms. The molecule has 1 saturated heterocycles. The number of hydrogen-bond acceptors (Lipinski definition) is 7. The van der Waals surface area contributed by atoms with E-state index in [4.69, 9.17) is 20.7 Å². The molecule has 3 aromatic rings. The molecule has 0 atom stereocenters. The maximum Gasteiger partial charge on any atom is 0.227 e. The molecule has 0 unspecified atom stereocenters. The lowest BCUT2D eigenvalue weighted by Crippen LogP contribution is -2.43. The predicted molar refractivity (Wildman–Crippen MR) is 165 cm³/mol. The van der Waals surface area contributed by atoms with Gasteiger partial charge in [0.15, 0.2) is 17.0 Å². The summed E-state index contributed by atoms with van der Waals surface area (Å²) in [6, 6.07) is 7.42. The highest BCUT2D eigenvalue weighted by atomic mass is 35.5. The van der Waals surface area contributed by atoms with Gasteiger partial charge >= 0.3 is 0 Å². The van der Waals surface area contributed by atoms with E-state index in [-0.39, 0.29) is 42.6 Å². The molecule has 9 nitrogen and oxygen atoms in total. The van der Waals surface area contributed by atoms with Gasteiger partial charge in [0.25, 0.3) is 0 Å². The number of carbonyl (C=O) groups excluding carboxylic acids is 1. The van der Waals surface area contributed by atoms with Crippen LogP contribution in [0.5, 0.6) is 0 Å². The summed E-state index contributed by atoms with van der Waals surface area (Å²) in [6.07, 6.45) is 12.8. The van der Waals surface area contributed by atoms with Gasteiger partial charge in [-0.2, -0.15) is 9.97 Å². The van der Waals surface area contributed by atoms with Crippen molar-refractivity contribution < 1.29 is 9.18 Å². The summed E-state index contributed by atoms with van der Waals surface area (Å²) >= 11 is 0. The number of rotatable bonds is 7. The first-order chi connectivity index (χ1) is 19.0. The van der Waals surface area contributed by atoms with Crippen molar-refractivity contribution in [3.63, 3.8) is 0 Å². The zero-order valence-corrected chi connectivity index (χ0v) is 24.9. The topological polar surface area (TPSA) is 114 Å². The van der Waals surface area contributed by atoms with Crippen LogP contribution in [-0.4, -0.2) is 61.5 Å². The first-order valence-electron chi connectivity index (χ1n) is 14.6. The van der Waals surface area contributed by atoms with Crippen LogP contribution in [0.1, 0.15) is 75.8 Å². The Balaban J connectivity index is 0.00000194. The highest BCUT2D eigenvalue weighted by Gasteiger charge is 2.27. The van der Waals surface area contributed by atoms with Crippen LogP contribution in [0.15, 0.2) is 30.6 Å². The number of nitrogens with one attached hydrogen (secondary N) is 2. The third-order valence-corrected chi connectivity index (χ3v) is 8.70. The number of fused-ring (bicyclic) bond motifs is 1. The molecule has 12 heteroatoms. The number of aromatic nitrogens is 4. The molecule has 3 aliphatic rings. The van der Waals surface area contributed by atoms with Crippen LogP contribution in [0.2, 0.25) is 0 Å². The second-order valence-electron chi connectivity index (χ2n) is 11.5. The van der Waals surface area contributed by atoms with Crippen molar-refractivity contribution in [3.8, 4) is 0 Å². The molecule has 0 spiro atoms. The largest absolute Gasteiger partial charge is 0.365 e. The number of likely N-dealkylation sites (tertiary alicyclic amines) is 1. The molecule has 0 bridgehead atoms. The number of anilines is 2. The maximum absolute atomic E-state index is 13.2. The quantitative estimate of drug-likeness (QED) is 0.336. The third-order valence-electron chi connectivity index (χ3n) is 8.70. The normalized spacial score (nSPS) is 21.8. The van der Waals surface area contributed by atoms with E-state index < -0.39 is 0 Å². The van der Waals surface area contributed by atoms with Gasteiger partial charge in [-0.25, -0.2) is 9.37 Å². The summed E-state index contributed by atoms with van der Waals surface area (Å²) < 4.78 is 15.5. The van der Waals surface area contributed by atoms with Crippen LogP contribution in [0.3, 0.4) is 0 Å². The van der Waals surface area contributed by atoms with E-state index in [2.05, 4.69) is 15.2 Å². The van der Waals surface area contributed by atoms with Crippen molar-refractivity contribution in [3.05, 3.63) is 42.0 Å². The van der Waals surface area contributed by atoms with Crippen molar-refractivity contribution >= 4 is 53.7 Å². The molecule has 2 aliphatic carbocycles. The Morgan fingerprint density at radius 3 is 2.24 bits per heavy atom. The smallest absolute Gasteiger partial charge is 0.227 e. The minimum atomic E-state index is -0.286. The van der Waals surface area contributed by atoms with E-state index in [1.807, 2.05) is 11.2 Å². The summed E-state index contributed by atoms with van der Waals surface area (Å²) in [5, 5.41) is 7.25. The summed E-state index contributed by atoms with van der Waals surface area (Å²) in [5.74, 6) is 1.21. The lowest BCUT2D eigenvalue weighted by molar-refractivity contribution is -0.131. The first-order valence-corrected chi connectivity index (χ1v) is 14.6. The number of piperidine rings is 1. The highest BCUT2D eigenvalue weighted by molar-refractivity contribution is 5.86. The van der Waals surface area contributed by atoms with Crippen molar-refractivity contribution in [2.45, 2.75) is 94.8 Å². The van der Waals surface area contributed by atoms with Gasteiger partial charge in [-0.1, -0.05) is 25.0 Å². The number of benzene rings is 1. The number of halogens is 3. The molecular formula is C29H41Cl2FN8O. The average molecular weight is 608 g/mol. The zero-order valence-electron chi connectivity index (χ0n) is 23.3. The minimum absolute atomic E-state index is 0. The summed E-state index contributed by atoms with van der Waals surface area (Å²) in [6.45, 7) is 1.35. The Morgan fingerprint density at radius 1 is 0.902 bits per heavy atom. The molecule has 3 heterocycles. The van der Waals surface area contributed by atoms with Gasteiger partial charge in [0.1, 0.15) is 5.82 Å². The van der Waals surface area contributed by atoms with Crippen molar-refractivity contribution in [1.29, 1.82) is 0 Å². The maximum atomic E-state index is 13.2. The second-order valence-corrected chi connectivity index (χ2v) is 11.5. The van der Waals surface area contributed by atoms with E-state index in [9.17, 15) is 9.18 Å². The van der Waals surface area contributed by atoms with Gasteiger partial charge in [-0.05, 0) is 69.1 Å². The number of hydrogen-bond donors (Lipinski definition) is 3. The third kappa shape index (κ3) is 7.40. The Morgan fingerprint density at radius 2 is 1.56 bits per heavy atom. The highest BCUT2D eigenvalue weighted by Crippen LogP contribution is 2.34. The fourth-order valence-corrected chi connectivity index (χ4v) is 6.33. The molecule has 2 saturated carbocycles. The molecule has 0 radical (unpaired) electrons. The van der Waals surface area contributed by atoms with Gasteiger partial charge in [0.2, 0.25) is 11.9 Å². The van der Waals surface area contributed by atoms with Crippen molar-refractivity contribution in [1.82, 2.24) is 24.4 Å². The zero-order chi connectivity index (χ0) is 26.8. The number of carbonyl (C=O) groups is 1. The van der Waals surface area contributed by atoms with Crippen LogP contribution in [0.25, 0.3) is 11.2 Å². The molecule has 224 valence electrons. The Bertz CT molecular complexity index is 1280. The van der Waals surface area contributed by atoms with Crippen LogP contribution >= 0.6 is 24.8 Å². The summed E-state index contributed by atoms with van der Waals surface area (Å²) in [7, 11) is 0. The molecule has 3 fully saturated rings. The minimum Gasteiger partial charge on any atom is -0.365 e. The summed E-state index contributed by atoms with van der Waals surface area (Å²) in [5.41, 5.74) is 8.66. The number of nitrogens with zero attached hydrogens (tertiary/aromatic N) is 5. The fraction of sp³-hybridized carbons (Fsp3) is 0.586. The van der Waals surface area contributed by atoms with Gasteiger partial charge < -0.3 is 25.8 Å². The molecule has 6 rings (SSSR count). The molecule has 4 N–H and O–H groups in total. The fourth-order valence-electron chi connectivity index (χ4n) is 6.33. The molecular weight excluding hydrogens is 566 g/mol. The van der Waals surface area contributed by atoms with Crippen LogP contribution in [0.4, 0.5) is 16.2 Å². The molecule has 1 amide bonds. The van der Waals surface area contributed by atoms with Gasteiger partial charge in [-0.3, -0.25) is 4.79 Å². The van der Waals surface area contributed by atoms with E-state index in [1.54, 1.807) is 12.1 Å². The SMILES string of the molecule is Cl.Cl.NC1CCC(Nc2nc(NC3CCN(C(=O)Cc4ccc(F)cc4)CC3)c3ncn(C4CCCC4)c3n2)CC1. The molecule has 2 aromatic heterocycles. The van der Waals surface area contributed by atoms with Gasteiger partial charge in [-0.15, -0.1) is 24.8 Å². The van der Waals surface area contributed by atoms with E-state index in [0.717, 1.165) is 73.9 Å². The lowest BCUT2D eigenvalue weighted by atomic mass is 9.92. The molecule has 1 aromatic carbocycles. The Hall–Kier alpha value is -2.69. The monoisotopic (exact) mass is 606 g/mol. The van der Waals surface area contributed by atoms with Gasteiger partial charge in [0, 0.05) is 37.3 Å². The lowest BCUT2D eigenvalue weighted by Gasteiger charge is -2.33. The number of amides is 1. The van der Waals surface area contributed by atoms with E-state index in [1.165, 1.54) is 25.0 Å². The van der Waals surface area contributed by atoms with Crippen molar-refractivity contribution in [2.24, 2.45) is 5.73 Å². The standard InChI is InChI=1S/C29H39FN8O.2ClH/c30-20-7-5-19(6-8-20)17-25(39)37-15-13-23(14-16-37)33-27-26-28(38(18-32-26)24-3-1-2-4-24)36-29(35-27)34-22-11-9-21(31)10-12-22;;/h5-8,18,21-24H,1-4,9-17,31H2,(H2,33,34,35,36);2*1H. The van der Waals surface area contributed by atoms with E-state index in [0.29, 0.717) is 43.6 Å². The van der Waals surface area contributed by atoms with Gasteiger partial charge in [0.05, 0.1) is 12.7 Å². The van der Waals surface area contributed by atoms with Crippen molar-refractivity contribution in [2.75, 3.05) is 23.7 Å². The number of nitrogens with two attached hydrogens (primary N) is 1. The van der Waals surface area contributed by atoms with Crippen LogP contribution < -0.4 is 16.4 Å². The first kappa shape index (κ1) is 31.3. The Kier molecular flexibility index (Phi) is 10.7. The number of imidazole rings is 1.